The van der Waals surface area contributed by atoms with Crippen LogP contribution in [0.5, 0.6) is 0 Å². The first-order valence-electron chi connectivity index (χ1n) is 12.5. The van der Waals surface area contributed by atoms with E-state index in [2.05, 4.69) is 61.5 Å². The topological polar surface area (TPSA) is 98.1 Å². The number of aromatic nitrogens is 8. The van der Waals surface area contributed by atoms with Crippen molar-refractivity contribution in [3.8, 4) is 22.5 Å². The molecular weight excluding hydrogens is 424 g/mol. The molecule has 0 aliphatic heterocycles. The summed E-state index contributed by atoms with van der Waals surface area (Å²) >= 11 is 0. The largest absolute Gasteiger partial charge is 0.264 e. The SMILES string of the molecule is CCCCCn1nc(C2CCCCC2)nc1Cc1ccc(-c2cnccc2-c2nnn[nH]2)cc1. The number of benzene rings is 1. The van der Waals surface area contributed by atoms with Crippen LogP contribution in [0.2, 0.25) is 0 Å². The van der Waals surface area contributed by atoms with Gasteiger partial charge in [-0.1, -0.05) is 63.3 Å². The van der Waals surface area contributed by atoms with Crippen LogP contribution in [0, 0.1) is 0 Å². The fourth-order valence-corrected chi connectivity index (χ4v) is 4.84. The van der Waals surface area contributed by atoms with Crippen molar-refractivity contribution < 1.29 is 0 Å². The molecular formula is C26H32N8. The lowest BCUT2D eigenvalue weighted by atomic mass is 9.89. The average molecular weight is 457 g/mol. The van der Waals surface area contributed by atoms with Gasteiger partial charge in [-0.2, -0.15) is 5.10 Å². The first kappa shape index (κ1) is 22.4. The zero-order valence-electron chi connectivity index (χ0n) is 19.8. The number of aromatic amines is 1. The summed E-state index contributed by atoms with van der Waals surface area (Å²) in [6.45, 7) is 3.19. The Morgan fingerprint density at radius 3 is 2.62 bits per heavy atom. The second-order valence-electron chi connectivity index (χ2n) is 9.20. The number of rotatable bonds is 9. The molecule has 0 bridgehead atoms. The third-order valence-corrected chi connectivity index (χ3v) is 6.76. The van der Waals surface area contributed by atoms with Gasteiger partial charge < -0.3 is 0 Å². The highest BCUT2D eigenvalue weighted by Gasteiger charge is 2.21. The van der Waals surface area contributed by atoms with Crippen LogP contribution >= 0.6 is 0 Å². The number of nitrogens with one attached hydrogen (secondary N) is 1. The summed E-state index contributed by atoms with van der Waals surface area (Å²) in [5.74, 6) is 3.30. The van der Waals surface area contributed by atoms with Crippen LogP contribution in [0.25, 0.3) is 22.5 Å². The van der Waals surface area contributed by atoms with Gasteiger partial charge in [0.1, 0.15) is 5.82 Å². The van der Waals surface area contributed by atoms with Gasteiger partial charge in [0, 0.05) is 42.4 Å². The maximum absolute atomic E-state index is 5.05. The van der Waals surface area contributed by atoms with E-state index in [1.807, 2.05) is 12.3 Å². The van der Waals surface area contributed by atoms with Gasteiger partial charge in [0.15, 0.2) is 11.6 Å². The van der Waals surface area contributed by atoms with E-state index in [0.29, 0.717) is 11.7 Å². The Balaban J connectivity index is 1.37. The second kappa shape index (κ2) is 10.7. The normalized spacial score (nSPS) is 14.5. The third kappa shape index (κ3) is 5.05. The Kier molecular flexibility index (Phi) is 7.02. The molecule has 3 aromatic heterocycles. The van der Waals surface area contributed by atoms with Crippen LogP contribution in [0.15, 0.2) is 42.7 Å². The zero-order valence-corrected chi connectivity index (χ0v) is 19.8. The van der Waals surface area contributed by atoms with Gasteiger partial charge in [-0.25, -0.2) is 14.8 Å². The standard InChI is InChI=1S/C26H32N8/c1-2-3-7-16-34-24(28-25(31-34)21-8-5-4-6-9-21)17-19-10-12-20(13-11-19)23-18-27-15-14-22(23)26-29-32-33-30-26/h10-15,18,21H,2-9,16-17H2,1H3,(H,29,30,32,33). The lowest BCUT2D eigenvalue weighted by Crippen LogP contribution is -2.08. The van der Waals surface area contributed by atoms with Crippen LogP contribution in [0.4, 0.5) is 0 Å². The van der Waals surface area contributed by atoms with Crippen molar-refractivity contribution in [1.82, 2.24) is 40.4 Å². The van der Waals surface area contributed by atoms with E-state index in [0.717, 1.165) is 47.7 Å². The van der Waals surface area contributed by atoms with Gasteiger partial charge in [0.2, 0.25) is 0 Å². The van der Waals surface area contributed by atoms with Crippen molar-refractivity contribution in [2.24, 2.45) is 0 Å². The molecule has 5 rings (SSSR count). The number of unbranched alkanes of at least 4 members (excludes halogenated alkanes) is 2. The van der Waals surface area contributed by atoms with Crippen molar-refractivity contribution in [2.75, 3.05) is 0 Å². The van der Waals surface area contributed by atoms with Crippen LogP contribution in [-0.2, 0) is 13.0 Å². The molecule has 0 spiro atoms. The molecule has 1 aromatic carbocycles. The second-order valence-corrected chi connectivity index (χ2v) is 9.20. The van der Waals surface area contributed by atoms with Crippen molar-refractivity contribution in [3.05, 3.63) is 59.9 Å². The molecule has 1 aliphatic carbocycles. The molecule has 8 heteroatoms. The van der Waals surface area contributed by atoms with E-state index in [1.54, 1.807) is 6.20 Å². The number of hydrogen-bond donors (Lipinski definition) is 1. The minimum atomic E-state index is 0.525. The lowest BCUT2D eigenvalue weighted by Gasteiger charge is -2.18. The van der Waals surface area contributed by atoms with E-state index >= 15 is 0 Å². The summed E-state index contributed by atoms with van der Waals surface area (Å²) in [6, 6.07) is 10.6. The zero-order chi connectivity index (χ0) is 23.2. The summed E-state index contributed by atoms with van der Waals surface area (Å²) in [7, 11) is 0. The molecule has 1 aliphatic rings. The van der Waals surface area contributed by atoms with E-state index < -0.39 is 0 Å². The number of tetrazole rings is 1. The highest BCUT2D eigenvalue weighted by Crippen LogP contribution is 2.32. The molecule has 4 aromatic rings. The molecule has 1 saturated carbocycles. The molecule has 1 N–H and O–H groups in total. The van der Waals surface area contributed by atoms with Gasteiger partial charge in [-0.3, -0.25) is 4.98 Å². The molecule has 3 heterocycles. The van der Waals surface area contributed by atoms with Crippen LogP contribution in [0.1, 0.15) is 81.4 Å². The van der Waals surface area contributed by atoms with Crippen LogP contribution in [-0.4, -0.2) is 40.4 Å². The average Bonchev–Trinajstić information content (AvgIpc) is 3.56. The summed E-state index contributed by atoms with van der Waals surface area (Å²) in [6.07, 6.45) is 14.4. The monoisotopic (exact) mass is 456 g/mol. The first-order chi connectivity index (χ1) is 16.8. The molecule has 0 amide bonds. The van der Waals surface area contributed by atoms with E-state index in [1.165, 1.54) is 50.5 Å². The number of aryl methyl sites for hydroxylation is 1. The van der Waals surface area contributed by atoms with Crippen molar-refractivity contribution in [2.45, 2.75) is 77.2 Å². The molecule has 34 heavy (non-hydrogen) atoms. The molecule has 0 unspecified atom stereocenters. The Hall–Kier alpha value is -3.42. The summed E-state index contributed by atoms with van der Waals surface area (Å²) in [4.78, 5) is 9.36. The number of hydrogen-bond acceptors (Lipinski definition) is 6. The minimum absolute atomic E-state index is 0.525. The Morgan fingerprint density at radius 2 is 1.85 bits per heavy atom. The predicted octanol–water partition coefficient (Wildman–Crippen LogP) is 5.35. The maximum atomic E-state index is 5.05. The third-order valence-electron chi connectivity index (χ3n) is 6.76. The highest BCUT2D eigenvalue weighted by atomic mass is 15.5. The van der Waals surface area contributed by atoms with Gasteiger partial charge in [-0.05, 0) is 46.9 Å². The Bertz CT molecular complexity index is 1170. The highest BCUT2D eigenvalue weighted by molar-refractivity contribution is 5.79. The smallest absolute Gasteiger partial charge is 0.180 e. The molecule has 0 atom stereocenters. The van der Waals surface area contributed by atoms with Crippen LogP contribution < -0.4 is 0 Å². The predicted molar refractivity (Wildman–Crippen MR) is 131 cm³/mol. The van der Waals surface area contributed by atoms with Gasteiger partial charge in [0.05, 0.1) is 0 Å². The minimum Gasteiger partial charge on any atom is -0.264 e. The van der Waals surface area contributed by atoms with Crippen LogP contribution in [0.3, 0.4) is 0 Å². The Morgan fingerprint density at radius 1 is 1.00 bits per heavy atom. The molecule has 1 fully saturated rings. The molecule has 176 valence electrons. The fraction of sp³-hybridized carbons (Fsp3) is 0.462. The molecule has 0 radical (unpaired) electrons. The van der Waals surface area contributed by atoms with Gasteiger partial charge in [-0.15, -0.1) is 5.10 Å². The van der Waals surface area contributed by atoms with Gasteiger partial charge in [0.25, 0.3) is 0 Å². The molecule has 8 nitrogen and oxygen atoms in total. The molecule has 0 saturated heterocycles. The summed E-state index contributed by atoms with van der Waals surface area (Å²) < 4.78 is 2.17. The van der Waals surface area contributed by atoms with E-state index in [4.69, 9.17) is 10.1 Å². The van der Waals surface area contributed by atoms with Gasteiger partial charge >= 0.3 is 0 Å². The quantitative estimate of drug-likeness (QED) is 0.341. The summed E-state index contributed by atoms with van der Waals surface area (Å²) in [5.41, 5.74) is 4.24. The number of H-pyrrole nitrogens is 1. The Labute approximate surface area is 200 Å². The fourth-order valence-electron chi connectivity index (χ4n) is 4.84. The first-order valence-corrected chi connectivity index (χ1v) is 12.5. The van der Waals surface area contributed by atoms with E-state index in [9.17, 15) is 0 Å². The lowest BCUT2D eigenvalue weighted by molar-refractivity contribution is 0.424. The van der Waals surface area contributed by atoms with Crippen molar-refractivity contribution >= 4 is 0 Å². The number of nitrogens with zero attached hydrogens (tertiary/aromatic N) is 7. The van der Waals surface area contributed by atoms with E-state index in [-0.39, 0.29) is 0 Å². The summed E-state index contributed by atoms with van der Waals surface area (Å²) in [5, 5.41) is 19.3. The van der Waals surface area contributed by atoms with Crippen molar-refractivity contribution in [1.29, 1.82) is 0 Å². The van der Waals surface area contributed by atoms with Crippen molar-refractivity contribution in [3.63, 3.8) is 0 Å². The maximum Gasteiger partial charge on any atom is 0.180 e. The number of pyridine rings is 1.